The molecule has 0 saturated carbocycles. The zero-order chi connectivity index (χ0) is 25.4. The summed E-state index contributed by atoms with van der Waals surface area (Å²) < 4.78 is 21.2. The molecule has 0 heterocycles. The van der Waals surface area contributed by atoms with E-state index in [2.05, 4.69) is 10.6 Å². The van der Waals surface area contributed by atoms with Gasteiger partial charge in [0, 0.05) is 0 Å². The van der Waals surface area contributed by atoms with Gasteiger partial charge >= 0.3 is 0 Å². The highest BCUT2D eigenvalue weighted by Gasteiger charge is 2.22. The smallest absolute Gasteiger partial charge is 0.261 e. The first-order chi connectivity index (χ1) is 16.9. The third-order valence-electron chi connectivity index (χ3n) is 4.97. The molecule has 0 atom stereocenters. The minimum Gasteiger partial charge on any atom is -0.495 e. The van der Waals surface area contributed by atoms with Gasteiger partial charge in [0.25, 0.3) is 11.8 Å². The molecule has 182 valence electrons. The molecule has 0 unspecified atom stereocenters. The lowest BCUT2D eigenvalue weighted by Gasteiger charge is -2.14. The molecule has 0 spiro atoms. The van der Waals surface area contributed by atoms with Crippen molar-refractivity contribution < 1.29 is 28.5 Å². The van der Waals surface area contributed by atoms with Crippen LogP contribution in [0.25, 0.3) is 6.08 Å². The van der Waals surface area contributed by atoms with Crippen LogP contribution in [-0.4, -0.2) is 40.3 Å². The highest BCUT2D eigenvalue weighted by molar-refractivity contribution is 6.33. The summed E-state index contributed by atoms with van der Waals surface area (Å²) in [6.07, 6.45) is 1.41. The third kappa shape index (κ3) is 6.04. The third-order valence-corrected chi connectivity index (χ3v) is 5.25. The van der Waals surface area contributed by atoms with Gasteiger partial charge in [0.15, 0.2) is 11.5 Å². The molecule has 3 aromatic carbocycles. The Labute approximate surface area is 208 Å². The molecule has 2 N–H and O–H groups in total. The first kappa shape index (κ1) is 25.5. The number of ether oxygens (including phenoxy) is 4. The summed E-state index contributed by atoms with van der Waals surface area (Å²) in [4.78, 5) is 26.6. The molecule has 0 fully saturated rings. The second-order valence-electron chi connectivity index (χ2n) is 7.11. The Kier molecular flexibility index (Phi) is 8.58. The predicted molar refractivity (Wildman–Crippen MR) is 136 cm³/mol. The first-order valence-corrected chi connectivity index (χ1v) is 10.8. The van der Waals surface area contributed by atoms with E-state index in [1.54, 1.807) is 60.7 Å². The zero-order valence-corrected chi connectivity index (χ0v) is 20.4. The Hall–Kier alpha value is -4.17. The Morgan fingerprint density at radius 1 is 0.714 bits per heavy atom. The largest absolute Gasteiger partial charge is 0.495 e. The van der Waals surface area contributed by atoms with Gasteiger partial charge in [-0.25, -0.2) is 0 Å². The molecule has 0 aliphatic carbocycles. The maximum atomic E-state index is 13.3. The predicted octanol–water partition coefficient (Wildman–Crippen LogP) is 5.04. The number of anilines is 2. The Bertz CT molecular complexity index is 1190. The zero-order valence-electron chi connectivity index (χ0n) is 19.7. The van der Waals surface area contributed by atoms with Gasteiger partial charge in [0.1, 0.15) is 17.1 Å². The number of hydrogen-bond donors (Lipinski definition) is 2. The van der Waals surface area contributed by atoms with Gasteiger partial charge in [-0.3, -0.25) is 9.59 Å². The van der Waals surface area contributed by atoms with Crippen molar-refractivity contribution >= 4 is 40.9 Å². The van der Waals surface area contributed by atoms with Crippen LogP contribution in [0.1, 0.15) is 5.56 Å². The average Bonchev–Trinajstić information content (AvgIpc) is 2.87. The van der Waals surface area contributed by atoms with Gasteiger partial charge in [-0.05, 0) is 48.0 Å². The average molecular weight is 497 g/mol. The first-order valence-electron chi connectivity index (χ1n) is 10.4. The summed E-state index contributed by atoms with van der Waals surface area (Å²) >= 11 is 6.33. The van der Waals surface area contributed by atoms with Gasteiger partial charge in [-0.2, -0.15) is 0 Å². The summed E-state index contributed by atoms with van der Waals surface area (Å²) in [7, 11) is 5.90. The Morgan fingerprint density at radius 2 is 1.20 bits per heavy atom. The van der Waals surface area contributed by atoms with Crippen LogP contribution in [0.4, 0.5) is 11.4 Å². The summed E-state index contributed by atoms with van der Waals surface area (Å²) in [6, 6.07) is 16.9. The van der Waals surface area contributed by atoms with E-state index in [0.29, 0.717) is 39.9 Å². The fourth-order valence-electron chi connectivity index (χ4n) is 3.30. The molecule has 3 aromatic rings. The molecule has 3 rings (SSSR count). The molecule has 9 heteroatoms. The van der Waals surface area contributed by atoms with E-state index in [1.807, 2.05) is 0 Å². The second kappa shape index (κ2) is 11.8. The van der Waals surface area contributed by atoms with Gasteiger partial charge in [0.05, 0.1) is 44.8 Å². The number of benzene rings is 3. The van der Waals surface area contributed by atoms with Crippen molar-refractivity contribution in [2.24, 2.45) is 0 Å². The summed E-state index contributed by atoms with van der Waals surface area (Å²) in [6.45, 7) is 0. The summed E-state index contributed by atoms with van der Waals surface area (Å²) in [5, 5.41) is 5.72. The molecule has 0 aliphatic rings. The summed E-state index contributed by atoms with van der Waals surface area (Å²) in [5.41, 5.74) is 1.07. The van der Waals surface area contributed by atoms with Crippen molar-refractivity contribution in [3.63, 3.8) is 0 Å². The fraction of sp³-hybridized carbons (Fsp3) is 0.154. The van der Waals surface area contributed by atoms with E-state index >= 15 is 0 Å². The van der Waals surface area contributed by atoms with Crippen molar-refractivity contribution in [2.75, 3.05) is 39.1 Å². The number of para-hydroxylation sites is 4. The van der Waals surface area contributed by atoms with Crippen molar-refractivity contribution in [3.05, 3.63) is 76.8 Å². The van der Waals surface area contributed by atoms with Crippen LogP contribution in [0.15, 0.2) is 66.2 Å². The number of nitrogens with one attached hydrogen (secondary N) is 2. The van der Waals surface area contributed by atoms with E-state index in [9.17, 15) is 9.59 Å². The van der Waals surface area contributed by atoms with Crippen LogP contribution < -0.4 is 29.6 Å². The van der Waals surface area contributed by atoms with E-state index in [1.165, 1.54) is 34.5 Å². The SMILES string of the molecule is COc1ccccc1NC(=O)C(=Cc1cc(Cl)c(OC)c(OC)c1)C(=O)Nc1ccccc1OC. The standard InChI is InChI=1S/C26H25ClN2O6/c1-32-21-11-7-5-9-19(21)28-25(30)17(26(31)29-20-10-6-8-12-22(20)33-2)13-16-14-18(27)24(35-4)23(15-16)34-3/h5-15H,1-4H3,(H,28,30)(H,29,31). The Morgan fingerprint density at radius 3 is 1.66 bits per heavy atom. The summed E-state index contributed by atoms with van der Waals surface area (Å²) in [5.74, 6) is 0.255. The number of rotatable bonds is 9. The van der Waals surface area contributed by atoms with Crippen LogP contribution in [0.5, 0.6) is 23.0 Å². The molecule has 2 amide bonds. The van der Waals surface area contributed by atoms with E-state index in [0.717, 1.165) is 0 Å². The molecule has 8 nitrogen and oxygen atoms in total. The van der Waals surface area contributed by atoms with Crippen LogP contribution in [0, 0.1) is 0 Å². The lowest BCUT2D eigenvalue weighted by molar-refractivity contribution is -0.118. The van der Waals surface area contributed by atoms with Crippen molar-refractivity contribution in [3.8, 4) is 23.0 Å². The van der Waals surface area contributed by atoms with E-state index < -0.39 is 11.8 Å². The molecule has 0 radical (unpaired) electrons. The van der Waals surface area contributed by atoms with Gasteiger partial charge in [0.2, 0.25) is 0 Å². The molecular formula is C26H25ClN2O6. The van der Waals surface area contributed by atoms with Gasteiger partial charge < -0.3 is 29.6 Å². The fourth-order valence-corrected chi connectivity index (χ4v) is 3.59. The van der Waals surface area contributed by atoms with Crippen LogP contribution in [-0.2, 0) is 9.59 Å². The van der Waals surface area contributed by atoms with Crippen molar-refractivity contribution in [1.82, 2.24) is 0 Å². The van der Waals surface area contributed by atoms with Gasteiger partial charge in [-0.1, -0.05) is 35.9 Å². The molecule has 0 aliphatic heterocycles. The van der Waals surface area contributed by atoms with Crippen LogP contribution in [0.3, 0.4) is 0 Å². The molecule has 0 aromatic heterocycles. The van der Waals surface area contributed by atoms with Crippen LogP contribution >= 0.6 is 11.6 Å². The van der Waals surface area contributed by atoms with Crippen molar-refractivity contribution in [1.29, 1.82) is 0 Å². The maximum Gasteiger partial charge on any atom is 0.261 e. The number of carbonyl (C=O) groups is 2. The Balaban J connectivity index is 2.05. The number of hydrogen-bond acceptors (Lipinski definition) is 6. The molecule has 0 saturated heterocycles. The minimum absolute atomic E-state index is 0.190. The quantitative estimate of drug-likeness (QED) is 0.245. The lowest BCUT2D eigenvalue weighted by Crippen LogP contribution is -2.25. The maximum absolute atomic E-state index is 13.3. The van der Waals surface area contributed by atoms with Crippen LogP contribution in [0.2, 0.25) is 5.02 Å². The van der Waals surface area contributed by atoms with Crippen molar-refractivity contribution in [2.45, 2.75) is 0 Å². The highest BCUT2D eigenvalue weighted by atomic mass is 35.5. The molecular weight excluding hydrogens is 472 g/mol. The van der Waals surface area contributed by atoms with E-state index in [-0.39, 0.29) is 10.6 Å². The number of carbonyl (C=O) groups excluding carboxylic acids is 2. The second-order valence-corrected chi connectivity index (χ2v) is 7.51. The normalized spacial score (nSPS) is 10.1. The molecule has 35 heavy (non-hydrogen) atoms. The number of halogens is 1. The number of methoxy groups -OCH3 is 4. The highest BCUT2D eigenvalue weighted by Crippen LogP contribution is 2.37. The van der Waals surface area contributed by atoms with E-state index in [4.69, 9.17) is 30.5 Å². The number of amides is 2. The lowest BCUT2D eigenvalue weighted by atomic mass is 10.1. The van der Waals surface area contributed by atoms with Gasteiger partial charge in [-0.15, -0.1) is 0 Å². The molecule has 0 bridgehead atoms. The topological polar surface area (TPSA) is 95.1 Å². The monoisotopic (exact) mass is 496 g/mol. The minimum atomic E-state index is -0.659.